The SMILES string of the molecule is COC(=O)Cn1c(=NC(=O)c2ccc(C(=O)OC)cc2)sc2c(C)cc(C)cc21. The number of aromatic nitrogens is 1. The number of hydrogen-bond donors (Lipinski definition) is 0. The predicted molar refractivity (Wildman–Crippen MR) is 109 cm³/mol. The van der Waals surface area contributed by atoms with Gasteiger partial charge in [0.15, 0.2) is 4.80 Å². The van der Waals surface area contributed by atoms with E-state index >= 15 is 0 Å². The molecule has 0 atom stereocenters. The molecule has 0 spiro atoms. The Labute approximate surface area is 171 Å². The smallest absolute Gasteiger partial charge is 0.337 e. The molecule has 1 amide bonds. The van der Waals surface area contributed by atoms with Crippen LogP contribution in [0.3, 0.4) is 0 Å². The highest BCUT2D eigenvalue weighted by atomic mass is 32.1. The molecule has 0 bridgehead atoms. The van der Waals surface area contributed by atoms with Crippen molar-refractivity contribution < 1.29 is 23.9 Å². The molecular formula is C21H20N2O5S. The van der Waals surface area contributed by atoms with Gasteiger partial charge in [0.1, 0.15) is 6.54 Å². The molecule has 7 nitrogen and oxygen atoms in total. The maximum atomic E-state index is 12.7. The molecule has 150 valence electrons. The van der Waals surface area contributed by atoms with Gasteiger partial charge in [0.25, 0.3) is 5.91 Å². The van der Waals surface area contributed by atoms with Gasteiger partial charge in [-0.15, -0.1) is 0 Å². The Bertz CT molecular complexity index is 1170. The summed E-state index contributed by atoms with van der Waals surface area (Å²) in [5.74, 6) is -1.38. The van der Waals surface area contributed by atoms with Crippen LogP contribution in [0.2, 0.25) is 0 Å². The van der Waals surface area contributed by atoms with Gasteiger partial charge in [-0.05, 0) is 55.3 Å². The third-order valence-electron chi connectivity index (χ3n) is 4.38. The average Bonchev–Trinajstić information content (AvgIpc) is 3.04. The standard InChI is InChI=1S/C21H20N2O5S/c1-12-9-13(2)18-16(10-12)23(11-17(24)27-3)21(29-18)22-19(25)14-5-7-15(8-6-14)20(26)28-4/h5-10H,11H2,1-4H3. The number of hydrogen-bond acceptors (Lipinski definition) is 6. The molecule has 1 heterocycles. The van der Waals surface area contributed by atoms with Crippen LogP contribution in [0.15, 0.2) is 41.4 Å². The van der Waals surface area contributed by atoms with E-state index in [0.717, 1.165) is 21.3 Å². The number of esters is 2. The second kappa shape index (κ2) is 8.40. The van der Waals surface area contributed by atoms with E-state index in [-0.39, 0.29) is 6.54 Å². The molecule has 3 aromatic rings. The first-order valence-electron chi connectivity index (χ1n) is 8.79. The first-order chi connectivity index (χ1) is 13.8. The molecule has 0 aliphatic heterocycles. The molecule has 0 saturated heterocycles. The largest absolute Gasteiger partial charge is 0.468 e. The van der Waals surface area contributed by atoms with Crippen molar-refractivity contribution in [3.63, 3.8) is 0 Å². The fourth-order valence-corrected chi connectivity index (χ4v) is 4.04. The molecule has 8 heteroatoms. The maximum absolute atomic E-state index is 12.7. The van der Waals surface area contributed by atoms with E-state index in [0.29, 0.717) is 15.9 Å². The van der Waals surface area contributed by atoms with E-state index in [2.05, 4.69) is 9.73 Å². The molecule has 3 rings (SSSR count). The Morgan fingerprint density at radius 2 is 1.66 bits per heavy atom. The third kappa shape index (κ3) is 4.27. The van der Waals surface area contributed by atoms with Crippen LogP contribution in [0.25, 0.3) is 10.2 Å². The predicted octanol–water partition coefficient (Wildman–Crippen LogP) is 3.02. The number of carbonyl (C=O) groups is 3. The van der Waals surface area contributed by atoms with Crippen molar-refractivity contribution in [1.29, 1.82) is 0 Å². The normalized spacial score (nSPS) is 11.5. The van der Waals surface area contributed by atoms with Crippen molar-refractivity contribution in [2.45, 2.75) is 20.4 Å². The molecule has 0 saturated carbocycles. The number of thiazole rings is 1. The van der Waals surface area contributed by atoms with Crippen molar-refractivity contribution in [2.24, 2.45) is 4.99 Å². The number of fused-ring (bicyclic) bond motifs is 1. The highest BCUT2D eigenvalue weighted by Gasteiger charge is 2.15. The summed E-state index contributed by atoms with van der Waals surface area (Å²) in [6.07, 6.45) is 0. The molecular weight excluding hydrogens is 392 g/mol. The summed E-state index contributed by atoms with van der Waals surface area (Å²) in [6, 6.07) is 10.1. The lowest BCUT2D eigenvalue weighted by atomic mass is 10.1. The van der Waals surface area contributed by atoms with Gasteiger partial charge in [-0.2, -0.15) is 4.99 Å². The van der Waals surface area contributed by atoms with Gasteiger partial charge in [0.05, 0.1) is 30.0 Å². The van der Waals surface area contributed by atoms with Crippen molar-refractivity contribution in [1.82, 2.24) is 4.57 Å². The molecule has 2 aromatic carbocycles. The summed E-state index contributed by atoms with van der Waals surface area (Å²) in [5.41, 5.74) is 3.58. The van der Waals surface area contributed by atoms with E-state index in [1.165, 1.54) is 49.8 Å². The van der Waals surface area contributed by atoms with Crippen LogP contribution in [0.4, 0.5) is 0 Å². The summed E-state index contributed by atoms with van der Waals surface area (Å²) < 4.78 is 12.1. The van der Waals surface area contributed by atoms with Crippen molar-refractivity contribution in [3.05, 3.63) is 63.5 Å². The van der Waals surface area contributed by atoms with Crippen LogP contribution in [0, 0.1) is 13.8 Å². The van der Waals surface area contributed by atoms with Gasteiger partial charge in [0.2, 0.25) is 0 Å². The summed E-state index contributed by atoms with van der Waals surface area (Å²) in [5, 5.41) is 0. The lowest BCUT2D eigenvalue weighted by molar-refractivity contribution is -0.141. The lowest BCUT2D eigenvalue weighted by Crippen LogP contribution is -2.22. The van der Waals surface area contributed by atoms with Crippen molar-refractivity contribution in [3.8, 4) is 0 Å². The Morgan fingerprint density at radius 1 is 1.00 bits per heavy atom. The van der Waals surface area contributed by atoms with Gasteiger partial charge in [-0.25, -0.2) is 4.79 Å². The monoisotopic (exact) mass is 412 g/mol. The zero-order valence-corrected chi connectivity index (χ0v) is 17.3. The number of nitrogens with zero attached hydrogens (tertiary/aromatic N) is 2. The molecule has 0 radical (unpaired) electrons. The summed E-state index contributed by atoms with van der Waals surface area (Å²) in [6.45, 7) is 3.90. The Hall–Kier alpha value is -3.26. The van der Waals surface area contributed by atoms with Gasteiger partial charge >= 0.3 is 11.9 Å². The quantitative estimate of drug-likeness (QED) is 0.615. The van der Waals surface area contributed by atoms with Crippen LogP contribution in [-0.2, 0) is 20.8 Å². The fourth-order valence-electron chi connectivity index (χ4n) is 2.96. The Kier molecular flexibility index (Phi) is 5.93. The molecule has 0 aliphatic carbocycles. The molecule has 0 N–H and O–H groups in total. The van der Waals surface area contributed by atoms with Crippen molar-refractivity contribution in [2.75, 3.05) is 14.2 Å². The Morgan fingerprint density at radius 3 is 2.28 bits per heavy atom. The molecule has 29 heavy (non-hydrogen) atoms. The minimum atomic E-state index is -0.479. The second-order valence-corrected chi connectivity index (χ2v) is 7.44. The summed E-state index contributed by atoms with van der Waals surface area (Å²) >= 11 is 1.34. The number of amides is 1. The van der Waals surface area contributed by atoms with Crippen molar-refractivity contribution >= 4 is 39.4 Å². The third-order valence-corrected chi connectivity index (χ3v) is 5.61. The number of rotatable bonds is 4. The zero-order chi connectivity index (χ0) is 21.1. The summed E-state index contributed by atoms with van der Waals surface area (Å²) in [7, 11) is 2.61. The number of carbonyl (C=O) groups excluding carboxylic acids is 3. The van der Waals surface area contributed by atoms with Crippen LogP contribution < -0.4 is 4.80 Å². The van der Waals surface area contributed by atoms with E-state index < -0.39 is 17.8 Å². The average molecular weight is 412 g/mol. The summed E-state index contributed by atoms with van der Waals surface area (Å²) in [4.78, 5) is 40.8. The molecule has 0 aliphatic rings. The fraction of sp³-hybridized carbons (Fsp3) is 0.238. The Balaban J connectivity index is 2.09. The number of aryl methyl sites for hydroxylation is 2. The molecule has 0 unspecified atom stereocenters. The highest BCUT2D eigenvalue weighted by molar-refractivity contribution is 7.16. The van der Waals surface area contributed by atoms with E-state index in [1.807, 2.05) is 26.0 Å². The van der Waals surface area contributed by atoms with Gasteiger partial charge in [0, 0.05) is 5.56 Å². The minimum absolute atomic E-state index is 0.0488. The highest BCUT2D eigenvalue weighted by Crippen LogP contribution is 2.23. The van der Waals surface area contributed by atoms with E-state index in [1.54, 1.807) is 4.57 Å². The van der Waals surface area contributed by atoms with Gasteiger partial charge in [-0.1, -0.05) is 17.4 Å². The minimum Gasteiger partial charge on any atom is -0.468 e. The maximum Gasteiger partial charge on any atom is 0.337 e. The first-order valence-corrected chi connectivity index (χ1v) is 9.60. The van der Waals surface area contributed by atoms with E-state index in [9.17, 15) is 14.4 Å². The van der Waals surface area contributed by atoms with Gasteiger partial charge < -0.3 is 14.0 Å². The molecule has 1 aromatic heterocycles. The van der Waals surface area contributed by atoms with Crippen LogP contribution in [0.5, 0.6) is 0 Å². The number of methoxy groups -OCH3 is 2. The second-order valence-electron chi connectivity index (χ2n) is 6.46. The van der Waals surface area contributed by atoms with Crippen LogP contribution >= 0.6 is 11.3 Å². The number of ether oxygens (including phenoxy) is 2. The zero-order valence-electron chi connectivity index (χ0n) is 16.5. The van der Waals surface area contributed by atoms with Crippen LogP contribution in [-0.4, -0.2) is 36.6 Å². The van der Waals surface area contributed by atoms with E-state index in [4.69, 9.17) is 4.74 Å². The lowest BCUT2D eigenvalue weighted by Gasteiger charge is -2.05. The number of benzene rings is 2. The topological polar surface area (TPSA) is 87.0 Å². The first kappa shape index (κ1) is 20.5. The van der Waals surface area contributed by atoms with Gasteiger partial charge in [-0.3, -0.25) is 9.59 Å². The van der Waals surface area contributed by atoms with Crippen LogP contribution in [0.1, 0.15) is 31.8 Å². The molecule has 0 fully saturated rings.